The molecule has 1 aromatic rings. The molecule has 0 aliphatic carbocycles. The lowest BCUT2D eigenvalue weighted by atomic mass is 10.3. The largest absolute Gasteiger partial charge is 0.469 e. The minimum Gasteiger partial charge on any atom is -0.469 e. The first-order chi connectivity index (χ1) is 7.22. The number of carbonyl (C=O) groups excluding carboxylic acids is 1. The van der Waals surface area contributed by atoms with E-state index in [-0.39, 0.29) is 5.97 Å². The molecule has 0 amide bonds. The van der Waals surface area contributed by atoms with Gasteiger partial charge in [-0.15, -0.1) is 0 Å². The second-order valence-electron chi connectivity index (χ2n) is 3.29. The summed E-state index contributed by atoms with van der Waals surface area (Å²) < 4.78 is 9.44. The Hall–Kier alpha value is -1.36. The van der Waals surface area contributed by atoms with Gasteiger partial charge in [0, 0.05) is 19.0 Å². The summed E-state index contributed by atoms with van der Waals surface area (Å²) in [4.78, 5) is 10.8. The molecule has 0 aliphatic heterocycles. The first-order valence-electron chi connectivity index (χ1n) is 4.92. The molecule has 15 heavy (non-hydrogen) atoms. The number of nitrogens with zero attached hydrogens (tertiary/aromatic N) is 1. The Balaban J connectivity index is 2.05. The number of aryl methyl sites for hydroxylation is 1. The fraction of sp³-hybridized carbons (Fsp3) is 0.600. The van der Waals surface area contributed by atoms with Gasteiger partial charge in [-0.1, -0.05) is 5.16 Å². The highest BCUT2D eigenvalue weighted by Gasteiger charge is 2.01. The number of carbonyl (C=O) groups is 1. The van der Waals surface area contributed by atoms with Gasteiger partial charge in [-0.25, -0.2) is 0 Å². The van der Waals surface area contributed by atoms with E-state index in [0.717, 1.165) is 24.4 Å². The van der Waals surface area contributed by atoms with E-state index in [4.69, 9.17) is 4.52 Å². The summed E-state index contributed by atoms with van der Waals surface area (Å²) in [6.07, 6.45) is 1.21. The molecule has 1 rings (SSSR count). The summed E-state index contributed by atoms with van der Waals surface area (Å²) in [5, 5.41) is 7.00. The molecule has 0 bridgehead atoms. The van der Waals surface area contributed by atoms with Crippen molar-refractivity contribution >= 4 is 5.97 Å². The lowest BCUT2D eigenvalue weighted by Gasteiger charge is -2.01. The van der Waals surface area contributed by atoms with Crippen LogP contribution in [0.3, 0.4) is 0 Å². The molecule has 0 unspecified atom stereocenters. The fourth-order valence-electron chi connectivity index (χ4n) is 1.18. The molecular weight excluding hydrogens is 196 g/mol. The Morgan fingerprint density at radius 2 is 2.47 bits per heavy atom. The van der Waals surface area contributed by atoms with Crippen LogP contribution in [0, 0.1) is 6.92 Å². The molecular formula is C10H16N2O3. The third-order valence-corrected chi connectivity index (χ3v) is 1.95. The van der Waals surface area contributed by atoms with Gasteiger partial charge >= 0.3 is 5.97 Å². The number of aromatic nitrogens is 1. The Kier molecular flexibility index (Phi) is 4.83. The molecule has 0 radical (unpaired) electrons. The van der Waals surface area contributed by atoms with Crippen LogP contribution >= 0.6 is 0 Å². The van der Waals surface area contributed by atoms with Gasteiger partial charge in [0.25, 0.3) is 0 Å². The second-order valence-corrected chi connectivity index (χ2v) is 3.29. The Bertz CT molecular complexity index is 309. The highest BCUT2D eigenvalue weighted by molar-refractivity contribution is 5.69. The van der Waals surface area contributed by atoms with Crippen LogP contribution in [0.1, 0.15) is 24.3 Å². The van der Waals surface area contributed by atoms with Crippen molar-refractivity contribution in [2.24, 2.45) is 0 Å². The van der Waals surface area contributed by atoms with E-state index >= 15 is 0 Å². The molecule has 0 spiro atoms. The maximum Gasteiger partial charge on any atom is 0.305 e. The van der Waals surface area contributed by atoms with E-state index in [9.17, 15) is 4.79 Å². The van der Waals surface area contributed by atoms with Crippen molar-refractivity contribution in [2.45, 2.75) is 26.3 Å². The normalized spacial score (nSPS) is 10.3. The monoisotopic (exact) mass is 212 g/mol. The molecule has 1 N–H and O–H groups in total. The summed E-state index contributed by atoms with van der Waals surface area (Å²) in [5.41, 5.74) is 0.880. The number of hydrogen-bond donors (Lipinski definition) is 1. The molecule has 1 heterocycles. The molecule has 5 heteroatoms. The van der Waals surface area contributed by atoms with Gasteiger partial charge in [0.15, 0.2) is 0 Å². The summed E-state index contributed by atoms with van der Waals surface area (Å²) >= 11 is 0. The summed E-state index contributed by atoms with van der Waals surface area (Å²) in [5.74, 6) is 0.635. The van der Waals surface area contributed by atoms with Gasteiger partial charge in [-0.3, -0.25) is 4.79 Å². The Labute approximate surface area is 88.8 Å². The number of nitrogens with one attached hydrogen (secondary N) is 1. The topological polar surface area (TPSA) is 64.4 Å². The van der Waals surface area contributed by atoms with E-state index in [2.05, 4.69) is 15.2 Å². The third kappa shape index (κ3) is 4.60. The van der Waals surface area contributed by atoms with Crippen molar-refractivity contribution in [1.29, 1.82) is 0 Å². The van der Waals surface area contributed by atoms with E-state index in [1.54, 1.807) is 0 Å². The Morgan fingerprint density at radius 3 is 3.07 bits per heavy atom. The predicted octanol–water partition coefficient (Wildman–Crippen LogP) is 1.03. The van der Waals surface area contributed by atoms with Crippen molar-refractivity contribution in [3.8, 4) is 0 Å². The lowest BCUT2D eigenvalue weighted by molar-refractivity contribution is -0.140. The Morgan fingerprint density at radius 1 is 1.67 bits per heavy atom. The highest BCUT2D eigenvalue weighted by Crippen LogP contribution is 2.00. The highest BCUT2D eigenvalue weighted by atomic mass is 16.5. The molecule has 5 nitrogen and oxygen atoms in total. The predicted molar refractivity (Wildman–Crippen MR) is 54.2 cm³/mol. The average Bonchev–Trinajstić information content (AvgIpc) is 2.63. The molecule has 0 atom stereocenters. The summed E-state index contributed by atoms with van der Waals surface area (Å²) in [6.45, 7) is 3.28. The van der Waals surface area contributed by atoms with E-state index in [0.29, 0.717) is 13.0 Å². The number of rotatable bonds is 6. The molecule has 0 aliphatic rings. The number of ether oxygens (including phenoxy) is 1. The van der Waals surface area contributed by atoms with Crippen molar-refractivity contribution < 1.29 is 14.1 Å². The molecule has 1 aromatic heterocycles. The van der Waals surface area contributed by atoms with Gasteiger partial charge in [-0.2, -0.15) is 0 Å². The quantitative estimate of drug-likeness (QED) is 0.563. The van der Waals surface area contributed by atoms with Crippen LogP contribution in [0.5, 0.6) is 0 Å². The van der Waals surface area contributed by atoms with Gasteiger partial charge < -0.3 is 14.6 Å². The van der Waals surface area contributed by atoms with Crippen molar-refractivity contribution in [3.63, 3.8) is 0 Å². The van der Waals surface area contributed by atoms with Crippen molar-refractivity contribution in [2.75, 3.05) is 13.7 Å². The number of methoxy groups -OCH3 is 1. The average molecular weight is 212 g/mol. The summed E-state index contributed by atoms with van der Waals surface area (Å²) in [7, 11) is 1.40. The van der Waals surface area contributed by atoms with Gasteiger partial charge in [0.2, 0.25) is 0 Å². The van der Waals surface area contributed by atoms with Crippen molar-refractivity contribution in [1.82, 2.24) is 10.5 Å². The third-order valence-electron chi connectivity index (χ3n) is 1.95. The zero-order valence-corrected chi connectivity index (χ0v) is 9.08. The minimum absolute atomic E-state index is 0.172. The van der Waals surface area contributed by atoms with Crippen LogP contribution in [0.4, 0.5) is 0 Å². The zero-order chi connectivity index (χ0) is 11.1. The van der Waals surface area contributed by atoms with Crippen molar-refractivity contribution in [3.05, 3.63) is 17.5 Å². The van der Waals surface area contributed by atoms with Crippen LogP contribution < -0.4 is 5.32 Å². The molecule has 0 saturated heterocycles. The smallest absolute Gasteiger partial charge is 0.305 e. The standard InChI is InChI=1S/C10H16N2O3/c1-8-6-9(12-15-8)7-11-5-3-4-10(13)14-2/h6,11H,3-5,7H2,1-2H3. The van der Waals surface area contributed by atoms with Gasteiger partial charge in [0.1, 0.15) is 5.76 Å². The molecule has 0 aromatic carbocycles. The first kappa shape index (κ1) is 11.7. The summed E-state index contributed by atoms with van der Waals surface area (Å²) in [6, 6.07) is 1.88. The number of esters is 1. The van der Waals surface area contributed by atoms with E-state index < -0.39 is 0 Å². The SMILES string of the molecule is COC(=O)CCCNCc1cc(C)on1. The second kappa shape index (κ2) is 6.19. The van der Waals surface area contributed by atoms with E-state index in [1.807, 2.05) is 13.0 Å². The maximum atomic E-state index is 10.8. The van der Waals surface area contributed by atoms with Crippen LogP contribution in [0.25, 0.3) is 0 Å². The van der Waals surface area contributed by atoms with Crippen LogP contribution in [-0.4, -0.2) is 24.8 Å². The molecule has 0 saturated carbocycles. The van der Waals surface area contributed by atoms with E-state index in [1.165, 1.54) is 7.11 Å². The zero-order valence-electron chi connectivity index (χ0n) is 9.08. The van der Waals surface area contributed by atoms with Gasteiger partial charge in [-0.05, 0) is 19.9 Å². The lowest BCUT2D eigenvalue weighted by Crippen LogP contribution is -2.16. The van der Waals surface area contributed by atoms with Crippen LogP contribution in [0.15, 0.2) is 10.6 Å². The van der Waals surface area contributed by atoms with Crippen LogP contribution in [-0.2, 0) is 16.1 Å². The van der Waals surface area contributed by atoms with Crippen LogP contribution in [0.2, 0.25) is 0 Å². The molecule has 84 valence electrons. The first-order valence-corrected chi connectivity index (χ1v) is 4.92. The minimum atomic E-state index is -0.172. The van der Waals surface area contributed by atoms with Gasteiger partial charge in [0.05, 0.1) is 12.8 Å². The molecule has 0 fully saturated rings. The fourth-order valence-corrected chi connectivity index (χ4v) is 1.18. The maximum absolute atomic E-state index is 10.8. The number of hydrogen-bond acceptors (Lipinski definition) is 5.